The molecule has 0 bridgehead atoms. The van der Waals surface area contributed by atoms with Crippen LogP contribution in [0.2, 0.25) is 0 Å². The number of aliphatic hydroxyl groups excluding tert-OH is 2. The van der Waals surface area contributed by atoms with E-state index in [0.717, 1.165) is 5.23 Å². The second kappa shape index (κ2) is 10.5. The van der Waals surface area contributed by atoms with Crippen LogP contribution in [0.3, 0.4) is 0 Å². The van der Waals surface area contributed by atoms with Crippen LogP contribution in [0.5, 0.6) is 0 Å². The summed E-state index contributed by atoms with van der Waals surface area (Å²) in [5.41, 5.74) is 5.55. The molecule has 13 heteroatoms. The zero-order valence-corrected chi connectivity index (χ0v) is 14.6. The third kappa shape index (κ3) is 6.26. The summed E-state index contributed by atoms with van der Waals surface area (Å²) in [5, 5.41) is 21.3. The molecule has 0 aliphatic rings. The van der Waals surface area contributed by atoms with Gasteiger partial charge in [0.25, 0.3) is 5.56 Å². The minimum Gasteiger partial charge on any atom is -0.394 e. The minimum atomic E-state index is -0.438. The van der Waals surface area contributed by atoms with E-state index in [0.29, 0.717) is 5.65 Å². The number of hydrogen-bond acceptors (Lipinski definition) is 10. The number of carbonyl (C=O) groups excluding carboxylic acids is 1. The number of aromatic amines is 1. The van der Waals surface area contributed by atoms with Gasteiger partial charge < -0.3 is 25.8 Å². The zero-order chi connectivity index (χ0) is 19.6. The lowest BCUT2D eigenvalue weighted by Crippen LogP contribution is -2.36. The smallest absolute Gasteiger partial charge is 0.280 e. The van der Waals surface area contributed by atoms with E-state index in [4.69, 9.17) is 25.6 Å². The molecule has 0 aliphatic carbocycles. The zero-order valence-electron chi connectivity index (χ0n) is 14.6. The van der Waals surface area contributed by atoms with E-state index in [1.165, 1.54) is 6.33 Å². The second-order valence-corrected chi connectivity index (χ2v) is 5.33. The van der Waals surface area contributed by atoms with Crippen molar-refractivity contribution in [3.63, 3.8) is 0 Å². The maximum absolute atomic E-state index is 12.0. The highest BCUT2D eigenvalue weighted by molar-refractivity contribution is 5.76. The van der Waals surface area contributed by atoms with Crippen LogP contribution in [0.1, 0.15) is 6.42 Å². The van der Waals surface area contributed by atoms with Crippen LogP contribution >= 0.6 is 0 Å². The Morgan fingerprint density at radius 3 is 2.70 bits per heavy atom. The first-order valence-corrected chi connectivity index (χ1v) is 8.27. The van der Waals surface area contributed by atoms with Crippen molar-refractivity contribution in [2.24, 2.45) is 0 Å². The normalized spacial score (nSPS) is 11.4. The van der Waals surface area contributed by atoms with Crippen LogP contribution in [0.15, 0.2) is 11.1 Å². The van der Waals surface area contributed by atoms with Gasteiger partial charge in [-0.3, -0.25) is 24.2 Å². The van der Waals surface area contributed by atoms with Crippen LogP contribution in [0.4, 0.5) is 5.95 Å². The largest absolute Gasteiger partial charge is 0.394 e. The summed E-state index contributed by atoms with van der Waals surface area (Å²) in [6.07, 6.45) is 1.56. The van der Waals surface area contributed by atoms with Crippen LogP contribution in [-0.4, -0.2) is 80.4 Å². The molecular formula is C14H23N7O6. The van der Waals surface area contributed by atoms with Gasteiger partial charge in [-0.05, 0) is 0 Å². The molecule has 13 nitrogen and oxygen atoms in total. The van der Waals surface area contributed by atoms with Crippen molar-refractivity contribution in [2.75, 3.05) is 45.3 Å². The van der Waals surface area contributed by atoms with Crippen molar-refractivity contribution in [2.45, 2.75) is 13.0 Å². The first-order chi connectivity index (χ1) is 13.0. The maximum Gasteiger partial charge on any atom is 0.280 e. The molecule has 0 saturated heterocycles. The summed E-state index contributed by atoms with van der Waals surface area (Å²) in [6.45, 7) is 0.379. The van der Waals surface area contributed by atoms with Gasteiger partial charge in [0.15, 0.2) is 11.2 Å². The lowest BCUT2D eigenvalue weighted by atomic mass is 10.4. The van der Waals surface area contributed by atoms with Crippen molar-refractivity contribution < 1.29 is 24.7 Å². The number of fused-ring (bicyclic) bond motifs is 1. The Morgan fingerprint density at radius 2 is 2.04 bits per heavy atom. The lowest BCUT2D eigenvalue weighted by Gasteiger charge is -2.20. The lowest BCUT2D eigenvalue weighted by molar-refractivity contribution is -0.370. The van der Waals surface area contributed by atoms with E-state index in [1.54, 1.807) is 4.57 Å². The molecule has 0 aromatic carbocycles. The van der Waals surface area contributed by atoms with Gasteiger partial charge in [-0.1, -0.05) is 5.23 Å². The van der Waals surface area contributed by atoms with Gasteiger partial charge in [0.05, 0.1) is 39.3 Å². The molecule has 0 saturated carbocycles. The van der Waals surface area contributed by atoms with Gasteiger partial charge in [-0.15, -0.1) is 0 Å². The van der Waals surface area contributed by atoms with Crippen LogP contribution in [-0.2, 0) is 21.0 Å². The number of imidazole rings is 1. The molecule has 2 heterocycles. The molecule has 0 aliphatic heterocycles. The van der Waals surface area contributed by atoms with Gasteiger partial charge in [0.2, 0.25) is 11.9 Å². The van der Waals surface area contributed by atoms with Crippen molar-refractivity contribution in [1.82, 2.24) is 30.1 Å². The summed E-state index contributed by atoms with van der Waals surface area (Å²) in [6, 6.07) is 0. The highest BCUT2D eigenvalue weighted by Crippen LogP contribution is 2.07. The third-order valence-electron chi connectivity index (χ3n) is 3.34. The van der Waals surface area contributed by atoms with E-state index < -0.39 is 5.56 Å². The molecule has 6 N–H and O–H groups in total. The van der Waals surface area contributed by atoms with Gasteiger partial charge in [0, 0.05) is 19.5 Å². The fraction of sp³-hybridized carbons (Fsp3) is 0.571. The van der Waals surface area contributed by atoms with E-state index in [-0.39, 0.29) is 69.9 Å². The predicted octanol–water partition coefficient (Wildman–Crippen LogP) is -2.64. The number of aryl methyl sites for hydroxylation is 1. The Kier molecular flexibility index (Phi) is 8.09. The molecule has 2 aromatic heterocycles. The third-order valence-corrected chi connectivity index (χ3v) is 3.34. The van der Waals surface area contributed by atoms with Crippen molar-refractivity contribution in [1.29, 1.82) is 0 Å². The number of rotatable bonds is 12. The van der Waals surface area contributed by atoms with Gasteiger partial charge in [-0.2, -0.15) is 4.98 Å². The van der Waals surface area contributed by atoms with Crippen LogP contribution in [0.25, 0.3) is 11.2 Å². The number of nitrogens with two attached hydrogens (primary N) is 1. The maximum atomic E-state index is 12.0. The van der Waals surface area contributed by atoms with Crippen molar-refractivity contribution >= 4 is 23.0 Å². The number of H-pyrrole nitrogens is 1. The number of hydrogen-bond donors (Lipinski definition) is 5. The van der Waals surface area contributed by atoms with Gasteiger partial charge >= 0.3 is 0 Å². The molecule has 0 atom stereocenters. The van der Waals surface area contributed by atoms with Crippen LogP contribution < -0.4 is 16.6 Å². The Labute approximate surface area is 153 Å². The summed E-state index contributed by atoms with van der Waals surface area (Å²) in [4.78, 5) is 44.2. The number of nitrogen functional groups attached to an aromatic ring is 1. The molecule has 1 amide bonds. The molecule has 150 valence electrons. The van der Waals surface area contributed by atoms with Gasteiger partial charge in [-0.25, -0.2) is 4.98 Å². The highest BCUT2D eigenvalue weighted by Gasteiger charge is 2.11. The Hall–Kier alpha value is -2.58. The number of aliphatic hydroxyl groups is 2. The number of nitrogens with zero attached hydrogens (tertiary/aromatic N) is 4. The number of nitrogens with one attached hydrogen (secondary N) is 2. The summed E-state index contributed by atoms with van der Waals surface area (Å²) in [7, 11) is 0. The molecule has 27 heavy (non-hydrogen) atoms. The number of anilines is 1. The first kappa shape index (κ1) is 20.7. The molecule has 2 aromatic rings. The number of carbonyl (C=O) groups is 1. The Bertz CT molecular complexity index is 784. The molecular weight excluding hydrogens is 362 g/mol. The monoisotopic (exact) mass is 385 g/mol. The highest BCUT2D eigenvalue weighted by atomic mass is 16.9. The van der Waals surface area contributed by atoms with Crippen LogP contribution in [0, 0.1) is 0 Å². The van der Waals surface area contributed by atoms with Crippen molar-refractivity contribution in [3.8, 4) is 0 Å². The SMILES string of the molecule is Nc1nc2c(ncn2CCC(=O)NCCN(OCCO)OCCO)c(=O)[nH]1. The first-order valence-electron chi connectivity index (χ1n) is 8.27. The number of aromatic nitrogens is 4. The molecule has 2 rings (SSSR count). The number of amides is 1. The average molecular weight is 385 g/mol. The van der Waals surface area contributed by atoms with E-state index in [2.05, 4.69) is 20.3 Å². The quantitative estimate of drug-likeness (QED) is 0.242. The Morgan fingerprint density at radius 1 is 1.33 bits per heavy atom. The molecule has 0 radical (unpaired) electrons. The number of hydroxylamine groups is 2. The average Bonchev–Trinajstić information content (AvgIpc) is 3.05. The summed E-state index contributed by atoms with van der Waals surface area (Å²) < 4.78 is 1.57. The minimum absolute atomic E-state index is 0.0236. The topological polar surface area (TPSA) is 181 Å². The Balaban J connectivity index is 1.80. The van der Waals surface area contributed by atoms with Gasteiger partial charge in [0.1, 0.15) is 0 Å². The van der Waals surface area contributed by atoms with E-state index in [1.807, 2.05) is 0 Å². The standard InChI is InChI=1S/C14H23N7O6/c15-14-18-12-11(13(25)19-14)17-9-20(12)3-1-10(24)16-2-4-21(26-7-5-22)27-8-6-23/h9,22-23H,1-8H2,(H,16,24)(H3,15,18,19,25). The second-order valence-electron chi connectivity index (χ2n) is 5.33. The fourth-order valence-corrected chi connectivity index (χ4v) is 2.18. The fourth-order valence-electron chi connectivity index (χ4n) is 2.18. The van der Waals surface area contributed by atoms with E-state index in [9.17, 15) is 9.59 Å². The predicted molar refractivity (Wildman–Crippen MR) is 93.0 cm³/mol. The summed E-state index contributed by atoms with van der Waals surface area (Å²) in [5.74, 6) is -0.261. The molecule has 0 spiro atoms. The molecule has 0 unspecified atom stereocenters. The summed E-state index contributed by atoms with van der Waals surface area (Å²) >= 11 is 0. The van der Waals surface area contributed by atoms with Crippen molar-refractivity contribution in [3.05, 3.63) is 16.7 Å². The van der Waals surface area contributed by atoms with E-state index >= 15 is 0 Å². The molecule has 0 fully saturated rings.